The Hall–Kier alpha value is -2.75. The van der Waals surface area contributed by atoms with Gasteiger partial charge in [0.15, 0.2) is 5.78 Å². The summed E-state index contributed by atoms with van der Waals surface area (Å²) in [6.45, 7) is 5.10. The van der Waals surface area contributed by atoms with Gasteiger partial charge in [-0.2, -0.15) is 0 Å². The Kier molecular flexibility index (Phi) is 5.01. The number of ether oxygens (including phenoxy) is 1. The monoisotopic (exact) mass is 366 g/mol. The molecule has 0 fully saturated rings. The van der Waals surface area contributed by atoms with Crippen LogP contribution in [0.1, 0.15) is 44.2 Å². The van der Waals surface area contributed by atoms with Gasteiger partial charge in [0, 0.05) is 17.9 Å². The predicted molar refractivity (Wildman–Crippen MR) is 103 cm³/mol. The predicted octanol–water partition coefficient (Wildman–Crippen LogP) is 4.88. The van der Waals surface area contributed by atoms with E-state index in [2.05, 4.69) is 0 Å². The van der Waals surface area contributed by atoms with Gasteiger partial charge in [-0.15, -0.1) is 0 Å². The van der Waals surface area contributed by atoms with Gasteiger partial charge in [-0.25, -0.2) is 9.18 Å². The van der Waals surface area contributed by atoms with Gasteiger partial charge in [0.2, 0.25) is 5.67 Å². The Labute approximate surface area is 158 Å². The van der Waals surface area contributed by atoms with E-state index in [1.54, 1.807) is 75.4 Å². The van der Waals surface area contributed by atoms with Crippen LogP contribution in [-0.2, 0) is 14.3 Å². The third-order valence-corrected chi connectivity index (χ3v) is 4.57. The number of hydrogen-bond donors (Lipinski definition) is 0. The standard InChI is InChI=1S/C23H23FO3/c1-22(2,3)27-21(26)23(24)19(16-10-6-4-7-11-16)14-18(25)15-20(23)17-12-8-5-9-13-17/h4-14,20H,15H2,1-3H3/t20-,23+/m0/s1. The van der Waals surface area contributed by atoms with E-state index in [1.165, 1.54) is 6.08 Å². The number of alkyl halides is 1. The summed E-state index contributed by atoms with van der Waals surface area (Å²) in [6.07, 6.45) is 1.16. The molecule has 1 aliphatic rings. The van der Waals surface area contributed by atoms with Crippen LogP contribution in [0.3, 0.4) is 0 Å². The number of halogens is 1. The summed E-state index contributed by atoms with van der Waals surface area (Å²) in [4.78, 5) is 25.5. The van der Waals surface area contributed by atoms with Crippen LogP contribution < -0.4 is 0 Å². The van der Waals surface area contributed by atoms with Crippen molar-refractivity contribution in [2.24, 2.45) is 0 Å². The van der Waals surface area contributed by atoms with Crippen LogP contribution in [0.4, 0.5) is 4.39 Å². The molecular weight excluding hydrogens is 343 g/mol. The second-order valence-electron chi connectivity index (χ2n) is 7.77. The van der Waals surface area contributed by atoms with Crippen molar-refractivity contribution in [3.63, 3.8) is 0 Å². The fourth-order valence-corrected chi connectivity index (χ4v) is 3.40. The fourth-order valence-electron chi connectivity index (χ4n) is 3.40. The van der Waals surface area contributed by atoms with E-state index in [0.29, 0.717) is 11.1 Å². The maximum absolute atomic E-state index is 16.7. The number of allylic oxidation sites excluding steroid dienone is 1. The number of ketones is 1. The van der Waals surface area contributed by atoms with Crippen LogP contribution in [0.5, 0.6) is 0 Å². The van der Waals surface area contributed by atoms with Crippen molar-refractivity contribution < 1.29 is 18.7 Å². The lowest BCUT2D eigenvalue weighted by atomic mass is 9.70. The van der Waals surface area contributed by atoms with Crippen LogP contribution in [0.25, 0.3) is 5.57 Å². The maximum atomic E-state index is 16.7. The summed E-state index contributed by atoms with van der Waals surface area (Å²) in [7, 11) is 0. The molecule has 0 amide bonds. The number of benzene rings is 2. The number of carbonyl (C=O) groups is 2. The maximum Gasteiger partial charge on any atom is 0.349 e. The number of rotatable bonds is 3. The summed E-state index contributed by atoms with van der Waals surface area (Å²) in [6, 6.07) is 17.5. The van der Waals surface area contributed by atoms with Gasteiger partial charge >= 0.3 is 5.97 Å². The topological polar surface area (TPSA) is 43.4 Å². The lowest BCUT2D eigenvalue weighted by Crippen LogP contribution is -2.48. The molecule has 0 unspecified atom stereocenters. The van der Waals surface area contributed by atoms with Crippen molar-refractivity contribution in [1.82, 2.24) is 0 Å². The molecule has 2 aromatic carbocycles. The average molecular weight is 366 g/mol. The SMILES string of the molecule is CC(C)(C)OC(=O)[C@@]1(F)C(c2ccccc2)=CC(=O)C[C@H]1c1ccccc1. The largest absolute Gasteiger partial charge is 0.457 e. The first-order valence-corrected chi connectivity index (χ1v) is 8.99. The van der Waals surface area contributed by atoms with Crippen LogP contribution in [-0.4, -0.2) is 23.0 Å². The highest BCUT2D eigenvalue weighted by Crippen LogP contribution is 2.48. The summed E-state index contributed by atoms with van der Waals surface area (Å²) in [5.74, 6) is -2.12. The molecule has 0 spiro atoms. The van der Waals surface area contributed by atoms with Crippen LogP contribution in [0, 0.1) is 0 Å². The Morgan fingerprint density at radius 1 is 1.04 bits per heavy atom. The van der Waals surface area contributed by atoms with Crippen LogP contribution in [0.2, 0.25) is 0 Å². The van der Waals surface area contributed by atoms with E-state index in [1.807, 2.05) is 6.07 Å². The minimum Gasteiger partial charge on any atom is -0.457 e. The first-order chi connectivity index (χ1) is 12.7. The third-order valence-electron chi connectivity index (χ3n) is 4.57. The van der Waals surface area contributed by atoms with E-state index in [0.717, 1.165) is 0 Å². The fraction of sp³-hybridized carbons (Fsp3) is 0.304. The van der Waals surface area contributed by atoms with Gasteiger partial charge in [-0.1, -0.05) is 60.7 Å². The van der Waals surface area contributed by atoms with Crippen molar-refractivity contribution >= 4 is 17.3 Å². The van der Waals surface area contributed by atoms with Gasteiger partial charge in [-0.05, 0) is 38.0 Å². The van der Waals surface area contributed by atoms with Crippen molar-refractivity contribution in [3.05, 3.63) is 77.9 Å². The van der Waals surface area contributed by atoms with Crippen molar-refractivity contribution in [2.45, 2.75) is 44.4 Å². The smallest absolute Gasteiger partial charge is 0.349 e. The Bertz CT molecular complexity index is 866. The molecule has 2 atom stereocenters. The number of esters is 1. The molecule has 3 rings (SSSR count). The van der Waals surface area contributed by atoms with Gasteiger partial charge in [0.25, 0.3) is 0 Å². The van der Waals surface area contributed by atoms with Gasteiger partial charge in [-0.3, -0.25) is 4.79 Å². The van der Waals surface area contributed by atoms with E-state index in [9.17, 15) is 9.59 Å². The zero-order valence-corrected chi connectivity index (χ0v) is 15.7. The van der Waals surface area contributed by atoms with E-state index < -0.39 is 23.2 Å². The molecule has 0 N–H and O–H groups in total. The van der Waals surface area contributed by atoms with E-state index in [-0.39, 0.29) is 17.8 Å². The first-order valence-electron chi connectivity index (χ1n) is 8.99. The minimum atomic E-state index is -2.45. The number of hydrogen-bond acceptors (Lipinski definition) is 3. The molecule has 0 heterocycles. The third kappa shape index (κ3) is 3.85. The molecular formula is C23H23FO3. The summed E-state index contributed by atoms with van der Waals surface area (Å²) >= 11 is 0. The Balaban J connectivity index is 2.18. The normalized spacial score (nSPS) is 22.9. The van der Waals surface area contributed by atoms with Crippen molar-refractivity contribution in [2.75, 3.05) is 0 Å². The van der Waals surface area contributed by atoms with Crippen LogP contribution in [0.15, 0.2) is 66.7 Å². The van der Waals surface area contributed by atoms with Crippen molar-refractivity contribution in [1.29, 1.82) is 0 Å². The number of carbonyl (C=O) groups excluding carboxylic acids is 2. The van der Waals surface area contributed by atoms with E-state index in [4.69, 9.17) is 4.74 Å². The Morgan fingerprint density at radius 3 is 2.15 bits per heavy atom. The molecule has 140 valence electrons. The molecule has 0 saturated heterocycles. The van der Waals surface area contributed by atoms with Gasteiger partial charge in [0.05, 0.1) is 0 Å². The molecule has 0 aliphatic heterocycles. The molecule has 27 heavy (non-hydrogen) atoms. The lowest BCUT2D eigenvalue weighted by Gasteiger charge is -2.38. The van der Waals surface area contributed by atoms with Gasteiger partial charge in [0.1, 0.15) is 5.60 Å². The average Bonchev–Trinajstić information content (AvgIpc) is 2.63. The van der Waals surface area contributed by atoms with Crippen molar-refractivity contribution in [3.8, 4) is 0 Å². The Morgan fingerprint density at radius 2 is 1.59 bits per heavy atom. The van der Waals surface area contributed by atoms with Gasteiger partial charge < -0.3 is 4.74 Å². The molecule has 0 aromatic heterocycles. The summed E-state index contributed by atoms with van der Waals surface area (Å²) in [5, 5.41) is 0. The second-order valence-corrected chi connectivity index (χ2v) is 7.77. The molecule has 0 bridgehead atoms. The summed E-state index contributed by atoms with van der Waals surface area (Å²) in [5.41, 5.74) is -2.15. The second kappa shape index (κ2) is 7.10. The molecule has 1 aliphatic carbocycles. The molecule has 0 radical (unpaired) electrons. The zero-order valence-electron chi connectivity index (χ0n) is 15.7. The molecule has 4 heteroatoms. The highest BCUT2D eigenvalue weighted by molar-refractivity contribution is 6.09. The molecule has 3 nitrogen and oxygen atoms in total. The van der Waals surface area contributed by atoms with E-state index >= 15 is 4.39 Å². The zero-order chi connectivity index (χ0) is 19.7. The molecule has 0 saturated carbocycles. The lowest BCUT2D eigenvalue weighted by molar-refractivity contribution is -0.167. The quantitative estimate of drug-likeness (QED) is 0.728. The minimum absolute atomic E-state index is 0.0578. The van der Waals surface area contributed by atoms with Crippen LogP contribution >= 0.6 is 0 Å². The summed E-state index contributed by atoms with van der Waals surface area (Å²) < 4.78 is 22.1. The highest BCUT2D eigenvalue weighted by Gasteiger charge is 2.55. The molecule has 2 aromatic rings. The first kappa shape index (κ1) is 19.0. The highest BCUT2D eigenvalue weighted by atomic mass is 19.1.